The van der Waals surface area contributed by atoms with Gasteiger partial charge < -0.3 is 15.0 Å². The Balaban J connectivity index is 1.57. The molecule has 162 valence electrons. The second-order valence-corrected chi connectivity index (χ2v) is 7.37. The number of nitrogens with one attached hydrogen (secondary N) is 1. The molecule has 1 aliphatic rings. The highest BCUT2D eigenvalue weighted by molar-refractivity contribution is 6.31. The fourth-order valence-electron chi connectivity index (χ4n) is 3.32. The number of carbonyl (C=O) groups is 1. The fourth-order valence-corrected chi connectivity index (χ4v) is 3.50. The van der Waals surface area contributed by atoms with E-state index in [1.165, 1.54) is 35.5 Å². The molecule has 1 aliphatic heterocycles. The van der Waals surface area contributed by atoms with Gasteiger partial charge in [0.15, 0.2) is 0 Å². The quantitative estimate of drug-likeness (QED) is 0.470. The largest absolute Gasteiger partial charge is 0.378 e. The van der Waals surface area contributed by atoms with E-state index < -0.39 is 11.7 Å². The van der Waals surface area contributed by atoms with Crippen LogP contribution in [-0.4, -0.2) is 47.0 Å². The van der Waals surface area contributed by atoms with Crippen LogP contribution in [0.5, 0.6) is 0 Å². The number of benzene rings is 2. The molecule has 0 aliphatic carbocycles. The first-order valence-corrected chi connectivity index (χ1v) is 10.1. The molecule has 0 saturated carbocycles. The lowest BCUT2D eigenvalue weighted by Gasteiger charge is -2.30. The normalized spacial score (nSPS) is 14.2. The highest BCUT2D eigenvalue weighted by Gasteiger charge is 2.18. The molecule has 10 heteroatoms. The molecule has 0 spiro atoms. The molecule has 0 atom stereocenters. The van der Waals surface area contributed by atoms with Crippen LogP contribution in [0.15, 0.2) is 54.6 Å². The van der Waals surface area contributed by atoms with Gasteiger partial charge in [0.25, 0.3) is 5.91 Å². The van der Waals surface area contributed by atoms with Crippen molar-refractivity contribution < 1.29 is 13.9 Å². The molecule has 8 nitrogen and oxygen atoms in total. The molecular formula is C22H18ClFN6O2. The maximum absolute atomic E-state index is 14.5. The predicted molar refractivity (Wildman–Crippen MR) is 118 cm³/mol. The van der Waals surface area contributed by atoms with E-state index >= 15 is 0 Å². The van der Waals surface area contributed by atoms with Crippen LogP contribution in [0.25, 0.3) is 11.8 Å². The third kappa shape index (κ3) is 4.77. The molecule has 2 heterocycles. The number of anilines is 2. The molecule has 1 fully saturated rings. The van der Waals surface area contributed by atoms with Gasteiger partial charge in [-0.2, -0.15) is 10.4 Å². The van der Waals surface area contributed by atoms with E-state index in [0.29, 0.717) is 42.6 Å². The maximum atomic E-state index is 14.5. The lowest BCUT2D eigenvalue weighted by molar-refractivity contribution is -0.112. The number of ether oxygens (including phenoxy) is 1. The Bertz CT molecular complexity index is 1200. The summed E-state index contributed by atoms with van der Waals surface area (Å²) in [6, 6.07) is 11.4. The van der Waals surface area contributed by atoms with E-state index in [9.17, 15) is 14.4 Å². The van der Waals surface area contributed by atoms with Crippen molar-refractivity contribution >= 4 is 35.0 Å². The third-order valence-electron chi connectivity index (χ3n) is 4.87. The van der Waals surface area contributed by atoms with Crippen LogP contribution >= 0.6 is 11.6 Å². The Kier molecular flexibility index (Phi) is 6.44. The van der Waals surface area contributed by atoms with Crippen LogP contribution in [0.4, 0.5) is 15.8 Å². The Hall–Kier alpha value is -3.74. The first kappa shape index (κ1) is 21.5. The zero-order chi connectivity index (χ0) is 22.5. The first-order valence-electron chi connectivity index (χ1n) is 9.75. The zero-order valence-electron chi connectivity index (χ0n) is 16.8. The summed E-state index contributed by atoms with van der Waals surface area (Å²) in [4.78, 5) is 18.7. The predicted octanol–water partition coefficient (Wildman–Crippen LogP) is 3.44. The number of aromatic nitrogens is 3. The van der Waals surface area contributed by atoms with Crippen molar-refractivity contribution in [2.75, 3.05) is 36.5 Å². The van der Waals surface area contributed by atoms with Gasteiger partial charge >= 0.3 is 0 Å². The molecule has 3 aromatic rings. The summed E-state index contributed by atoms with van der Waals surface area (Å²) in [7, 11) is 0. The van der Waals surface area contributed by atoms with Crippen molar-refractivity contribution in [1.29, 1.82) is 5.26 Å². The van der Waals surface area contributed by atoms with Crippen molar-refractivity contribution in [3.8, 4) is 11.8 Å². The van der Waals surface area contributed by atoms with Gasteiger partial charge in [-0.3, -0.25) is 4.79 Å². The standard InChI is InChI=1S/C22H18ClFN6O2/c23-17-2-4-21(29-5-7-32-8-6-29)19(11-17)28-22(31)16(12-25)9-15-1-3-20(18(24)10-15)30-14-26-13-27-30/h1-4,9-11,13-14H,5-8H2,(H,28,31)/b16-9+. The lowest BCUT2D eigenvalue weighted by Crippen LogP contribution is -2.36. The van der Waals surface area contributed by atoms with E-state index in [2.05, 4.69) is 20.3 Å². The van der Waals surface area contributed by atoms with Crippen LogP contribution in [0, 0.1) is 17.1 Å². The topological polar surface area (TPSA) is 96.1 Å². The Morgan fingerprint density at radius 1 is 1.22 bits per heavy atom. The number of carbonyl (C=O) groups excluding carboxylic acids is 1. The summed E-state index contributed by atoms with van der Waals surface area (Å²) in [5, 5.41) is 16.6. The molecule has 1 saturated heterocycles. The average molecular weight is 453 g/mol. The van der Waals surface area contributed by atoms with E-state index in [-0.39, 0.29) is 11.3 Å². The van der Waals surface area contributed by atoms with Crippen LogP contribution in [0.3, 0.4) is 0 Å². The summed E-state index contributed by atoms with van der Waals surface area (Å²) in [6.45, 7) is 2.50. The Morgan fingerprint density at radius 2 is 2.00 bits per heavy atom. The number of nitrogens with zero attached hydrogens (tertiary/aromatic N) is 5. The van der Waals surface area contributed by atoms with E-state index in [1.807, 2.05) is 12.1 Å². The maximum Gasteiger partial charge on any atom is 0.266 e. The number of rotatable bonds is 5. The molecule has 32 heavy (non-hydrogen) atoms. The Morgan fingerprint density at radius 3 is 2.69 bits per heavy atom. The Labute approximate surface area is 188 Å². The van der Waals surface area contributed by atoms with Crippen LogP contribution < -0.4 is 10.2 Å². The minimum atomic E-state index is -0.620. The first-order chi connectivity index (χ1) is 15.5. The third-order valence-corrected chi connectivity index (χ3v) is 5.11. The van der Waals surface area contributed by atoms with Gasteiger partial charge in [0.2, 0.25) is 0 Å². The van der Waals surface area contributed by atoms with Crippen LogP contribution in [0.2, 0.25) is 5.02 Å². The van der Waals surface area contributed by atoms with Crippen molar-refractivity contribution in [3.05, 3.63) is 71.0 Å². The molecule has 4 rings (SSSR count). The highest BCUT2D eigenvalue weighted by Crippen LogP contribution is 2.30. The van der Waals surface area contributed by atoms with Gasteiger partial charge in [-0.05, 0) is 42.0 Å². The van der Waals surface area contributed by atoms with Crippen LogP contribution in [0.1, 0.15) is 5.56 Å². The zero-order valence-corrected chi connectivity index (χ0v) is 17.6. The van der Waals surface area contributed by atoms with E-state index in [0.717, 1.165) is 5.69 Å². The SMILES string of the molecule is N#C/C(=C\c1ccc(-n2cncn2)c(F)c1)C(=O)Nc1cc(Cl)ccc1N1CCOCC1. The number of nitriles is 1. The molecule has 1 aromatic heterocycles. The summed E-state index contributed by atoms with van der Waals surface area (Å²) in [5.74, 6) is -1.18. The van der Waals surface area contributed by atoms with Gasteiger partial charge in [-0.15, -0.1) is 0 Å². The number of halogens is 2. The van der Waals surface area contributed by atoms with Gasteiger partial charge in [0.05, 0.1) is 24.6 Å². The molecule has 1 N–H and O–H groups in total. The van der Waals surface area contributed by atoms with E-state index in [4.69, 9.17) is 16.3 Å². The summed E-state index contributed by atoms with van der Waals surface area (Å²) in [5.41, 5.74) is 1.66. The van der Waals surface area contributed by atoms with Crippen LogP contribution in [-0.2, 0) is 9.53 Å². The van der Waals surface area contributed by atoms with Gasteiger partial charge in [-0.25, -0.2) is 14.1 Å². The monoisotopic (exact) mass is 452 g/mol. The van der Waals surface area contributed by atoms with E-state index in [1.54, 1.807) is 18.2 Å². The van der Waals surface area contributed by atoms with Gasteiger partial charge in [-0.1, -0.05) is 17.7 Å². The minimum Gasteiger partial charge on any atom is -0.378 e. The minimum absolute atomic E-state index is 0.175. The molecule has 1 amide bonds. The second-order valence-electron chi connectivity index (χ2n) is 6.94. The van der Waals surface area contributed by atoms with Gasteiger partial charge in [0.1, 0.15) is 35.8 Å². The number of amides is 1. The fraction of sp³-hybridized carbons (Fsp3) is 0.182. The molecule has 0 bridgehead atoms. The number of hydrogen-bond donors (Lipinski definition) is 1. The smallest absolute Gasteiger partial charge is 0.266 e. The molecule has 2 aromatic carbocycles. The van der Waals surface area contributed by atoms with Crippen molar-refractivity contribution in [2.24, 2.45) is 0 Å². The molecular weight excluding hydrogens is 435 g/mol. The molecule has 0 radical (unpaired) electrons. The van der Waals surface area contributed by atoms with Crippen molar-refractivity contribution in [1.82, 2.24) is 14.8 Å². The molecule has 0 unspecified atom stereocenters. The summed E-state index contributed by atoms with van der Waals surface area (Å²) >= 11 is 6.13. The summed E-state index contributed by atoms with van der Waals surface area (Å²) < 4.78 is 21.2. The second kappa shape index (κ2) is 9.60. The van der Waals surface area contributed by atoms with Crippen molar-refractivity contribution in [3.63, 3.8) is 0 Å². The highest BCUT2D eigenvalue weighted by atomic mass is 35.5. The number of morpholine rings is 1. The summed E-state index contributed by atoms with van der Waals surface area (Å²) in [6.07, 6.45) is 3.99. The lowest BCUT2D eigenvalue weighted by atomic mass is 10.1. The van der Waals surface area contributed by atoms with Crippen molar-refractivity contribution in [2.45, 2.75) is 0 Å². The average Bonchev–Trinajstić information content (AvgIpc) is 3.33. The van der Waals surface area contributed by atoms with Gasteiger partial charge in [0, 0.05) is 18.1 Å². The number of hydrogen-bond acceptors (Lipinski definition) is 6.